The van der Waals surface area contributed by atoms with Crippen molar-refractivity contribution in [3.63, 3.8) is 0 Å². The Morgan fingerprint density at radius 3 is 2.44 bits per heavy atom. The van der Waals surface area contributed by atoms with Crippen molar-refractivity contribution in [3.8, 4) is 0 Å². The van der Waals surface area contributed by atoms with E-state index >= 15 is 0 Å². The molecule has 25 heavy (non-hydrogen) atoms. The maximum atomic E-state index is 12.6. The van der Waals surface area contributed by atoms with E-state index in [0.29, 0.717) is 25.7 Å². The number of hydrogen-bond acceptors (Lipinski definition) is 3. The standard InChI is InChI=1S/C20H29N3O2/c1-16-7-5-6-12-23(16)15-19(24)22-13-10-17(11-14-22)20(25)21-18-8-3-2-4-9-18/h2-4,8-9,16-17H,5-7,10-15H2,1H3,(H,21,25)/t16-/m0/s1. The number of hydrogen-bond donors (Lipinski definition) is 1. The van der Waals surface area contributed by atoms with Gasteiger partial charge in [-0.2, -0.15) is 0 Å². The highest BCUT2D eigenvalue weighted by Crippen LogP contribution is 2.21. The van der Waals surface area contributed by atoms with Gasteiger partial charge >= 0.3 is 0 Å². The van der Waals surface area contributed by atoms with Crippen LogP contribution in [0.3, 0.4) is 0 Å². The summed E-state index contributed by atoms with van der Waals surface area (Å²) in [5.74, 6) is 0.289. The Kier molecular flexibility index (Phi) is 6.08. The number of piperidine rings is 2. The minimum atomic E-state index is -0.00170. The Labute approximate surface area is 150 Å². The Balaban J connectivity index is 1.44. The van der Waals surface area contributed by atoms with E-state index in [1.807, 2.05) is 35.2 Å². The smallest absolute Gasteiger partial charge is 0.236 e. The third-order valence-corrected chi connectivity index (χ3v) is 5.54. The monoisotopic (exact) mass is 343 g/mol. The minimum absolute atomic E-state index is 0.00170. The van der Waals surface area contributed by atoms with Crippen molar-refractivity contribution in [1.82, 2.24) is 9.80 Å². The van der Waals surface area contributed by atoms with Gasteiger partial charge in [0, 0.05) is 30.7 Å². The van der Waals surface area contributed by atoms with Crippen LogP contribution in [0.4, 0.5) is 5.69 Å². The van der Waals surface area contributed by atoms with Gasteiger partial charge in [-0.25, -0.2) is 0 Å². The molecular weight excluding hydrogens is 314 g/mol. The number of rotatable bonds is 4. The Bertz CT molecular complexity index is 582. The molecule has 3 rings (SSSR count). The third kappa shape index (κ3) is 4.82. The van der Waals surface area contributed by atoms with Crippen molar-refractivity contribution in [2.45, 2.75) is 45.1 Å². The highest BCUT2D eigenvalue weighted by Gasteiger charge is 2.29. The molecular formula is C20H29N3O2. The van der Waals surface area contributed by atoms with Crippen LogP contribution < -0.4 is 5.32 Å². The van der Waals surface area contributed by atoms with E-state index in [0.717, 1.165) is 25.1 Å². The van der Waals surface area contributed by atoms with Crippen LogP contribution in [0.1, 0.15) is 39.0 Å². The van der Waals surface area contributed by atoms with Crippen molar-refractivity contribution in [2.75, 3.05) is 31.5 Å². The summed E-state index contributed by atoms with van der Waals surface area (Å²) in [4.78, 5) is 29.2. The van der Waals surface area contributed by atoms with E-state index in [9.17, 15) is 9.59 Å². The van der Waals surface area contributed by atoms with Crippen molar-refractivity contribution in [1.29, 1.82) is 0 Å². The number of para-hydroxylation sites is 1. The van der Waals surface area contributed by atoms with Gasteiger partial charge in [-0.05, 0) is 51.3 Å². The van der Waals surface area contributed by atoms with E-state index < -0.39 is 0 Å². The first kappa shape index (κ1) is 17.9. The van der Waals surface area contributed by atoms with E-state index in [-0.39, 0.29) is 17.7 Å². The first-order valence-corrected chi connectivity index (χ1v) is 9.51. The molecule has 0 radical (unpaired) electrons. The van der Waals surface area contributed by atoms with Gasteiger partial charge in [-0.3, -0.25) is 14.5 Å². The third-order valence-electron chi connectivity index (χ3n) is 5.54. The molecule has 0 bridgehead atoms. The van der Waals surface area contributed by atoms with Crippen molar-refractivity contribution < 1.29 is 9.59 Å². The average Bonchev–Trinajstić information content (AvgIpc) is 2.64. The largest absolute Gasteiger partial charge is 0.342 e. The summed E-state index contributed by atoms with van der Waals surface area (Å²) in [6, 6.07) is 10.1. The number of carbonyl (C=O) groups excluding carboxylic acids is 2. The molecule has 2 aliphatic heterocycles. The molecule has 1 aromatic rings. The second kappa shape index (κ2) is 8.48. The van der Waals surface area contributed by atoms with Crippen LogP contribution in [0.15, 0.2) is 30.3 Å². The summed E-state index contributed by atoms with van der Waals surface area (Å²) >= 11 is 0. The quantitative estimate of drug-likeness (QED) is 0.914. The molecule has 5 nitrogen and oxygen atoms in total. The molecule has 2 heterocycles. The van der Waals surface area contributed by atoms with Crippen LogP contribution in [-0.4, -0.2) is 53.8 Å². The second-order valence-corrected chi connectivity index (χ2v) is 7.33. The number of nitrogens with zero attached hydrogens (tertiary/aromatic N) is 2. The second-order valence-electron chi connectivity index (χ2n) is 7.33. The maximum Gasteiger partial charge on any atom is 0.236 e. The van der Waals surface area contributed by atoms with E-state index in [1.54, 1.807) is 0 Å². The predicted octanol–water partition coefficient (Wildman–Crippen LogP) is 2.74. The van der Waals surface area contributed by atoms with Crippen LogP contribution in [0, 0.1) is 5.92 Å². The lowest BCUT2D eigenvalue weighted by Gasteiger charge is -2.36. The molecule has 1 N–H and O–H groups in total. The van der Waals surface area contributed by atoms with Crippen molar-refractivity contribution in [2.24, 2.45) is 5.92 Å². The number of anilines is 1. The van der Waals surface area contributed by atoms with Gasteiger partial charge in [0.25, 0.3) is 0 Å². The van der Waals surface area contributed by atoms with Gasteiger partial charge in [0.2, 0.25) is 11.8 Å². The van der Waals surface area contributed by atoms with Crippen LogP contribution >= 0.6 is 0 Å². The summed E-state index contributed by atoms with van der Waals surface area (Å²) in [5, 5.41) is 2.98. The van der Waals surface area contributed by atoms with E-state index in [4.69, 9.17) is 0 Å². The summed E-state index contributed by atoms with van der Waals surface area (Å²) in [7, 11) is 0. The number of benzene rings is 1. The molecule has 2 amide bonds. The van der Waals surface area contributed by atoms with Gasteiger partial charge in [0.05, 0.1) is 6.54 Å². The molecule has 136 valence electrons. The summed E-state index contributed by atoms with van der Waals surface area (Å²) in [6.45, 7) is 5.15. The number of carbonyl (C=O) groups is 2. The van der Waals surface area contributed by atoms with Gasteiger partial charge in [0.15, 0.2) is 0 Å². The lowest BCUT2D eigenvalue weighted by molar-refractivity contribution is -0.136. The Morgan fingerprint density at radius 1 is 1.04 bits per heavy atom. The van der Waals surface area contributed by atoms with Crippen LogP contribution in [-0.2, 0) is 9.59 Å². The molecule has 0 spiro atoms. The van der Waals surface area contributed by atoms with Crippen LogP contribution in [0.5, 0.6) is 0 Å². The number of amides is 2. The predicted molar refractivity (Wildman–Crippen MR) is 99.3 cm³/mol. The fourth-order valence-electron chi connectivity index (χ4n) is 3.82. The van der Waals surface area contributed by atoms with Gasteiger partial charge in [0.1, 0.15) is 0 Å². The highest BCUT2D eigenvalue weighted by molar-refractivity contribution is 5.92. The number of likely N-dealkylation sites (tertiary alicyclic amines) is 2. The summed E-state index contributed by atoms with van der Waals surface area (Å²) in [5.41, 5.74) is 0.838. The average molecular weight is 343 g/mol. The Morgan fingerprint density at radius 2 is 1.76 bits per heavy atom. The first-order valence-electron chi connectivity index (χ1n) is 9.51. The SMILES string of the molecule is C[C@H]1CCCCN1CC(=O)N1CCC(C(=O)Nc2ccccc2)CC1. The molecule has 2 fully saturated rings. The molecule has 0 saturated carbocycles. The van der Waals surface area contributed by atoms with Crippen LogP contribution in [0.2, 0.25) is 0 Å². The molecule has 0 unspecified atom stereocenters. The van der Waals surface area contributed by atoms with Gasteiger partial charge in [-0.1, -0.05) is 24.6 Å². The lowest BCUT2D eigenvalue weighted by Crippen LogP contribution is -2.48. The Hall–Kier alpha value is -1.88. The van der Waals surface area contributed by atoms with E-state index in [1.165, 1.54) is 19.3 Å². The summed E-state index contributed by atoms with van der Waals surface area (Å²) in [6.07, 6.45) is 5.15. The number of nitrogens with one attached hydrogen (secondary N) is 1. The molecule has 5 heteroatoms. The molecule has 1 aromatic carbocycles. The fraction of sp³-hybridized carbons (Fsp3) is 0.600. The molecule has 2 aliphatic rings. The van der Waals surface area contributed by atoms with Gasteiger partial charge in [-0.15, -0.1) is 0 Å². The maximum absolute atomic E-state index is 12.6. The molecule has 0 aromatic heterocycles. The lowest BCUT2D eigenvalue weighted by atomic mass is 9.95. The normalized spacial score (nSPS) is 22.6. The van der Waals surface area contributed by atoms with Crippen LogP contribution in [0.25, 0.3) is 0 Å². The molecule has 1 atom stereocenters. The summed E-state index contributed by atoms with van der Waals surface area (Å²) < 4.78 is 0. The zero-order valence-corrected chi connectivity index (χ0v) is 15.1. The van der Waals surface area contributed by atoms with Crippen molar-refractivity contribution >= 4 is 17.5 Å². The highest BCUT2D eigenvalue weighted by atomic mass is 16.2. The van der Waals surface area contributed by atoms with E-state index in [2.05, 4.69) is 17.1 Å². The first-order chi connectivity index (χ1) is 12.1. The van der Waals surface area contributed by atoms with Crippen molar-refractivity contribution in [3.05, 3.63) is 30.3 Å². The molecule has 2 saturated heterocycles. The zero-order valence-electron chi connectivity index (χ0n) is 15.1. The minimum Gasteiger partial charge on any atom is -0.342 e. The van der Waals surface area contributed by atoms with Gasteiger partial charge < -0.3 is 10.2 Å². The topological polar surface area (TPSA) is 52.7 Å². The zero-order chi connectivity index (χ0) is 17.6. The fourth-order valence-corrected chi connectivity index (χ4v) is 3.82. The molecule has 0 aliphatic carbocycles.